The van der Waals surface area contributed by atoms with Gasteiger partial charge in [0.1, 0.15) is 0 Å². The molecule has 1 atom stereocenters. The van der Waals surface area contributed by atoms with Gasteiger partial charge in [0.05, 0.1) is 0 Å². The van der Waals surface area contributed by atoms with Crippen LogP contribution in [0.2, 0.25) is 0 Å². The van der Waals surface area contributed by atoms with Crippen molar-refractivity contribution in [1.82, 2.24) is 5.32 Å². The highest BCUT2D eigenvalue weighted by molar-refractivity contribution is 4.91. The van der Waals surface area contributed by atoms with Gasteiger partial charge < -0.3 is 5.32 Å². The van der Waals surface area contributed by atoms with Crippen LogP contribution in [0.5, 0.6) is 0 Å². The Bertz CT molecular complexity index is 194. The summed E-state index contributed by atoms with van der Waals surface area (Å²) in [5.74, 6) is 0.976. The minimum Gasteiger partial charge on any atom is -0.314 e. The summed E-state index contributed by atoms with van der Waals surface area (Å²) >= 11 is 0. The van der Waals surface area contributed by atoms with Crippen molar-refractivity contribution >= 4 is 0 Å². The summed E-state index contributed by atoms with van der Waals surface area (Å²) in [7, 11) is 0. The lowest BCUT2D eigenvalue weighted by Crippen LogP contribution is -2.43. The fraction of sp³-hybridized carbons (Fsp3) is 1.00. The summed E-state index contributed by atoms with van der Waals surface area (Å²) < 4.78 is 0. The maximum Gasteiger partial charge on any atom is 0.00106 e. The van der Waals surface area contributed by atoms with Crippen LogP contribution in [-0.4, -0.2) is 12.6 Å². The van der Waals surface area contributed by atoms with E-state index in [4.69, 9.17) is 0 Å². The smallest absolute Gasteiger partial charge is 0.00106 e. The average molecular weight is 239 g/mol. The molecule has 0 spiro atoms. The van der Waals surface area contributed by atoms with Gasteiger partial charge in [-0.15, -0.1) is 0 Å². The van der Waals surface area contributed by atoms with Crippen LogP contribution in [0.3, 0.4) is 0 Å². The van der Waals surface area contributed by atoms with Crippen LogP contribution in [0.25, 0.3) is 0 Å². The van der Waals surface area contributed by atoms with Crippen LogP contribution >= 0.6 is 0 Å². The van der Waals surface area contributed by atoms with E-state index in [0.29, 0.717) is 11.5 Å². The maximum absolute atomic E-state index is 3.67. The molecule has 17 heavy (non-hydrogen) atoms. The monoisotopic (exact) mass is 239 g/mol. The molecule has 0 bridgehead atoms. The molecule has 1 rings (SSSR count). The Hall–Kier alpha value is -0.0400. The SMILES string of the molecule is CCCCC(CC)CC1(CNC(C)C)CCC1. The molecular weight excluding hydrogens is 206 g/mol. The van der Waals surface area contributed by atoms with Gasteiger partial charge in [-0.2, -0.15) is 0 Å². The largest absolute Gasteiger partial charge is 0.314 e. The lowest BCUT2D eigenvalue weighted by atomic mass is 9.63. The standard InChI is InChI=1S/C16H33N/c1-5-7-9-15(6-2)12-16(10-8-11-16)13-17-14(3)4/h14-15,17H,5-13H2,1-4H3. The average Bonchev–Trinajstić information content (AvgIpc) is 2.26. The summed E-state index contributed by atoms with van der Waals surface area (Å²) in [6.07, 6.45) is 11.5. The second kappa shape index (κ2) is 7.41. The molecule has 0 radical (unpaired) electrons. The first-order valence-electron chi connectivity index (χ1n) is 7.85. The van der Waals surface area contributed by atoms with Crippen LogP contribution in [0, 0.1) is 11.3 Å². The van der Waals surface area contributed by atoms with Gasteiger partial charge in [0, 0.05) is 12.6 Å². The predicted octanol–water partition coefficient (Wildman–Crippen LogP) is 4.76. The van der Waals surface area contributed by atoms with Crippen LogP contribution in [0.1, 0.15) is 79.1 Å². The summed E-state index contributed by atoms with van der Waals surface area (Å²) in [4.78, 5) is 0. The van der Waals surface area contributed by atoms with Crippen molar-refractivity contribution in [3.8, 4) is 0 Å². The van der Waals surface area contributed by atoms with E-state index >= 15 is 0 Å². The quantitative estimate of drug-likeness (QED) is 0.611. The highest BCUT2D eigenvalue weighted by atomic mass is 14.9. The molecule has 1 unspecified atom stereocenters. The van der Waals surface area contributed by atoms with Crippen molar-refractivity contribution in [2.45, 2.75) is 85.1 Å². The maximum atomic E-state index is 3.67. The molecule has 102 valence electrons. The highest BCUT2D eigenvalue weighted by Gasteiger charge is 2.37. The van der Waals surface area contributed by atoms with Gasteiger partial charge in [-0.1, -0.05) is 59.8 Å². The van der Waals surface area contributed by atoms with Gasteiger partial charge in [-0.25, -0.2) is 0 Å². The zero-order valence-corrected chi connectivity index (χ0v) is 12.5. The Kier molecular flexibility index (Phi) is 6.54. The first-order chi connectivity index (χ1) is 8.12. The molecule has 0 amide bonds. The minimum absolute atomic E-state index is 0.642. The number of hydrogen-bond donors (Lipinski definition) is 1. The van der Waals surface area contributed by atoms with E-state index in [-0.39, 0.29) is 0 Å². The zero-order chi connectivity index (χ0) is 12.7. The second-order valence-corrected chi connectivity index (χ2v) is 6.51. The Balaban J connectivity index is 2.37. The van der Waals surface area contributed by atoms with Crippen LogP contribution in [-0.2, 0) is 0 Å². The molecule has 0 aromatic rings. The number of nitrogens with one attached hydrogen (secondary N) is 1. The van der Waals surface area contributed by atoms with Gasteiger partial charge >= 0.3 is 0 Å². The predicted molar refractivity (Wildman–Crippen MR) is 77.3 cm³/mol. The molecule has 0 aromatic carbocycles. The lowest BCUT2D eigenvalue weighted by Gasteiger charge is -2.45. The summed E-state index contributed by atoms with van der Waals surface area (Å²) in [6, 6.07) is 0.642. The van der Waals surface area contributed by atoms with E-state index in [0.717, 1.165) is 5.92 Å². The molecule has 0 heterocycles. The van der Waals surface area contributed by atoms with Gasteiger partial charge in [0.25, 0.3) is 0 Å². The molecule has 0 aliphatic heterocycles. The van der Waals surface area contributed by atoms with Crippen molar-refractivity contribution in [3.63, 3.8) is 0 Å². The Morgan fingerprint density at radius 1 is 1.18 bits per heavy atom. The number of hydrogen-bond acceptors (Lipinski definition) is 1. The second-order valence-electron chi connectivity index (χ2n) is 6.51. The van der Waals surface area contributed by atoms with E-state index < -0.39 is 0 Å². The molecule has 1 aliphatic carbocycles. The van der Waals surface area contributed by atoms with E-state index in [1.165, 1.54) is 57.9 Å². The molecular formula is C16H33N. The Morgan fingerprint density at radius 2 is 1.88 bits per heavy atom. The van der Waals surface area contributed by atoms with E-state index in [1.54, 1.807) is 0 Å². The topological polar surface area (TPSA) is 12.0 Å². The molecule has 1 heteroatoms. The van der Waals surface area contributed by atoms with Crippen molar-refractivity contribution in [3.05, 3.63) is 0 Å². The summed E-state index contributed by atoms with van der Waals surface area (Å²) in [5.41, 5.74) is 0.665. The van der Waals surface area contributed by atoms with Crippen molar-refractivity contribution < 1.29 is 0 Å². The molecule has 1 aliphatic rings. The third-order valence-electron chi connectivity index (χ3n) is 4.56. The van der Waals surface area contributed by atoms with Crippen LogP contribution in [0.15, 0.2) is 0 Å². The van der Waals surface area contributed by atoms with Gasteiger partial charge in [-0.05, 0) is 30.6 Å². The molecule has 1 N–H and O–H groups in total. The summed E-state index contributed by atoms with van der Waals surface area (Å²) in [6.45, 7) is 10.5. The van der Waals surface area contributed by atoms with Crippen molar-refractivity contribution in [2.24, 2.45) is 11.3 Å². The molecule has 1 nitrogen and oxygen atoms in total. The molecule has 0 saturated heterocycles. The van der Waals surface area contributed by atoms with E-state index in [1.807, 2.05) is 0 Å². The summed E-state index contributed by atoms with van der Waals surface area (Å²) in [5, 5.41) is 3.67. The van der Waals surface area contributed by atoms with Crippen molar-refractivity contribution in [1.29, 1.82) is 0 Å². The fourth-order valence-corrected chi connectivity index (χ4v) is 3.11. The third kappa shape index (κ3) is 4.99. The van der Waals surface area contributed by atoms with E-state index in [9.17, 15) is 0 Å². The first kappa shape index (κ1) is 15.0. The minimum atomic E-state index is 0.642. The normalized spacial score (nSPS) is 20.3. The highest BCUT2D eigenvalue weighted by Crippen LogP contribution is 2.46. The van der Waals surface area contributed by atoms with Crippen LogP contribution < -0.4 is 5.32 Å². The number of unbranched alkanes of at least 4 members (excludes halogenated alkanes) is 1. The van der Waals surface area contributed by atoms with Gasteiger partial charge in [0.15, 0.2) is 0 Å². The fourth-order valence-electron chi connectivity index (χ4n) is 3.11. The molecule has 1 saturated carbocycles. The van der Waals surface area contributed by atoms with Crippen molar-refractivity contribution in [2.75, 3.05) is 6.54 Å². The first-order valence-corrected chi connectivity index (χ1v) is 7.85. The Morgan fingerprint density at radius 3 is 2.29 bits per heavy atom. The molecule has 1 fully saturated rings. The number of rotatable bonds is 9. The van der Waals surface area contributed by atoms with Gasteiger partial charge in [-0.3, -0.25) is 0 Å². The molecule has 0 aromatic heterocycles. The third-order valence-corrected chi connectivity index (χ3v) is 4.56. The lowest BCUT2D eigenvalue weighted by molar-refractivity contribution is 0.0844. The van der Waals surface area contributed by atoms with E-state index in [2.05, 4.69) is 33.0 Å². The Labute approximate surface area is 109 Å². The zero-order valence-electron chi connectivity index (χ0n) is 12.5. The van der Waals surface area contributed by atoms with Crippen LogP contribution in [0.4, 0.5) is 0 Å². The van der Waals surface area contributed by atoms with Gasteiger partial charge in [0.2, 0.25) is 0 Å².